The van der Waals surface area contributed by atoms with Crippen LogP contribution in [0.5, 0.6) is 5.75 Å². The summed E-state index contributed by atoms with van der Waals surface area (Å²) in [5, 5.41) is 3.07. The molecule has 2 aromatic carbocycles. The van der Waals surface area contributed by atoms with E-state index in [1.54, 1.807) is 13.2 Å². The van der Waals surface area contributed by atoms with Crippen molar-refractivity contribution in [1.29, 1.82) is 0 Å². The molecule has 132 valence electrons. The van der Waals surface area contributed by atoms with Gasteiger partial charge in [-0.3, -0.25) is 4.99 Å². The molecule has 1 atom stereocenters. The van der Waals surface area contributed by atoms with Gasteiger partial charge in [0.25, 0.3) is 0 Å². The molecule has 3 rings (SSSR count). The minimum absolute atomic E-state index is 0.174. The van der Waals surface area contributed by atoms with E-state index in [2.05, 4.69) is 15.2 Å². The number of aliphatic imine (C=N–C) groups is 1. The molecule has 1 aliphatic rings. The van der Waals surface area contributed by atoms with Gasteiger partial charge in [-0.1, -0.05) is 12.1 Å². The van der Waals surface area contributed by atoms with Gasteiger partial charge in [-0.2, -0.15) is 0 Å². The highest BCUT2D eigenvalue weighted by Crippen LogP contribution is 2.26. The van der Waals surface area contributed by atoms with Gasteiger partial charge in [-0.25, -0.2) is 4.39 Å². The van der Waals surface area contributed by atoms with Crippen molar-refractivity contribution < 1.29 is 9.13 Å². The Balaban J connectivity index is 1.52. The Hall–Kier alpha value is -2.76. The molecule has 5 nitrogen and oxygen atoms in total. The van der Waals surface area contributed by atoms with Crippen LogP contribution in [0.1, 0.15) is 6.42 Å². The van der Waals surface area contributed by atoms with Crippen molar-refractivity contribution in [2.75, 3.05) is 37.0 Å². The summed E-state index contributed by atoms with van der Waals surface area (Å²) in [6, 6.07) is 14.4. The quantitative estimate of drug-likeness (QED) is 0.647. The molecule has 0 radical (unpaired) electrons. The second-order valence-electron chi connectivity index (χ2n) is 6.13. The molecule has 1 saturated heterocycles. The largest absolute Gasteiger partial charge is 0.497 e. The number of halogens is 1. The summed E-state index contributed by atoms with van der Waals surface area (Å²) in [5.74, 6) is 1.37. The van der Waals surface area contributed by atoms with E-state index in [0.717, 1.165) is 30.9 Å². The number of rotatable bonds is 5. The van der Waals surface area contributed by atoms with E-state index in [-0.39, 0.29) is 5.82 Å². The summed E-state index contributed by atoms with van der Waals surface area (Å²) in [5.41, 5.74) is 7.49. The highest BCUT2D eigenvalue weighted by molar-refractivity contribution is 5.92. The maximum absolute atomic E-state index is 13.9. The number of guanidine groups is 1. The number of hydrogen-bond donors (Lipinski definition) is 2. The van der Waals surface area contributed by atoms with E-state index in [1.807, 2.05) is 36.4 Å². The molecule has 0 bridgehead atoms. The van der Waals surface area contributed by atoms with Crippen molar-refractivity contribution in [3.63, 3.8) is 0 Å². The van der Waals surface area contributed by atoms with E-state index in [9.17, 15) is 4.39 Å². The van der Waals surface area contributed by atoms with E-state index in [1.165, 1.54) is 6.07 Å². The van der Waals surface area contributed by atoms with Crippen molar-refractivity contribution in [2.24, 2.45) is 16.6 Å². The first-order chi connectivity index (χ1) is 12.2. The van der Waals surface area contributed by atoms with Crippen LogP contribution >= 0.6 is 0 Å². The summed E-state index contributed by atoms with van der Waals surface area (Å²) < 4.78 is 19.0. The van der Waals surface area contributed by atoms with E-state index in [4.69, 9.17) is 10.5 Å². The van der Waals surface area contributed by atoms with Gasteiger partial charge in [-0.15, -0.1) is 0 Å². The highest BCUT2D eigenvalue weighted by atomic mass is 19.1. The number of benzene rings is 2. The van der Waals surface area contributed by atoms with Crippen LogP contribution in [0.15, 0.2) is 53.5 Å². The van der Waals surface area contributed by atoms with Crippen molar-refractivity contribution in [3.05, 3.63) is 54.3 Å². The molecule has 0 aromatic heterocycles. The molecule has 0 amide bonds. The third-order valence-corrected chi connectivity index (χ3v) is 4.36. The first-order valence-electron chi connectivity index (χ1n) is 8.36. The van der Waals surface area contributed by atoms with Crippen LogP contribution in [0, 0.1) is 11.7 Å². The Kier molecular flexibility index (Phi) is 5.38. The number of nitrogens with zero attached hydrogens (tertiary/aromatic N) is 2. The standard InChI is InChI=1S/C19H23FN4O/c1-25-16-8-6-15(7-9-16)23-19(21)22-12-14-10-11-24(13-14)18-5-3-2-4-17(18)20/h2-9,14H,10-13H2,1H3,(H3,21,22,23). The number of anilines is 2. The van der Waals surface area contributed by atoms with Gasteiger partial charge in [-0.05, 0) is 48.7 Å². The van der Waals surface area contributed by atoms with Crippen LogP contribution in [0.25, 0.3) is 0 Å². The summed E-state index contributed by atoms with van der Waals surface area (Å²) in [6.45, 7) is 2.26. The zero-order chi connectivity index (χ0) is 17.6. The van der Waals surface area contributed by atoms with Gasteiger partial charge >= 0.3 is 0 Å². The molecule has 1 unspecified atom stereocenters. The third kappa shape index (κ3) is 4.41. The number of nitrogens with two attached hydrogens (primary N) is 1. The Morgan fingerprint density at radius 2 is 2.04 bits per heavy atom. The number of ether oxygens (including phenoxy) is 1. The lowest BCUT2D eigenvalue weighted by molar-refractivity contribution is 0.415. The Bertz CT molecular complexity index is 732. The summed E-state index contributed by atoms with van der Waals surface area (Å²) in [7, 11) is 1.63. The van der Waals surface area contributed by atoms with Crippen LogP contribution in [-0.4, -0.2) is 32.7 Å². The smallest absolute Gasteiger partial charge is 0.193 e. The lowest BCUT2D eigenvalue weighted by Gasteiger charge is -2.19. The van der Waals surface area contributed by atoms with Gasteiger partial charge in [0, 0.05) is 25.3 Å². The number of hydrogen-bond acceptors (Lipinski definition) is 3. The van der Waals surface area contributed by atoms with Gasteiger partial charge in [0.15, 0.2) is 5.96 Å². The monoisotopic (exact) mass is 342 g/mol. The molecule has 6 heteroatoms. The van der Waals surface area contributed by atoms with E-state index >= 15 is 0 Å². The predicted molar refractivity (Wildman–Crippen MR) is 99.8 cm³/mol. The van der Waals surface area contributed by atoms with Crippen molar-refractivity contribution in [1.82, 2.24) is 0 Å². The minimum Gasteiger partial charge on any atom is -0.497 e. The van der Waals surface area contributed by atoms with Crippen LogP contribution in [-0.2, 0) is 0 Å². The van der Waals surface area contributed by atoms with Crippen LogP contribution in [0.2, 0.25) is 0 Å². The molecular weight excluding hydrogens is 319 g/mol. The fourth-order valence-electron chi connectivity index (χ4n) is 3.00. The zero-order valence-corrected chi connectivity index (χ0v) is 14.3. The van der Waals surface area contributed by atoms with Crippen LogP contribution in [0.3, 0.4) is 0 Å². The molecule has 1 aliphatic heterocycles. The van der Waals surface area contributed by atoms with Crippen LogP contribution in [0.4, 0.5) is 15.8 Å². The summed E-state index contributed by atoms with van der Waals surface area (Å²) >= 11 is 0. The molecule has 2 aromatic rings. The van der Waals surface area contributed by atoms with Crippen molar-refractivity contribution in [3.8, 4) is 5.75 Å². The summed E-state index contributed by atoms with van der Waals surface area (Å²) in [6.07, 6.45) is 0.980. The third-order valence-electron chi connectivity index (χ3n) is 4.36. The maximum Gasteiger partial charge on any atom is 0.193 e. The predicted octanol–water partition coefficient (Wildman–Crippen LogP) is 3.09. The van der Waals surface area contributed by atoms with Crippen LogP contribution < -0.4 is 20.7 Å². The molecule has 25 heavy (non-hydrogen) atoms. The van der Waals surface area contributed by atoms with Crippen molar-refractivity contribution in [2.45, 2.75) is 6.42 Å². The van der Waals surface area contributed by atoms with Gasteiger partial charge < -0.3 is 20.7 Å². The van der Waals surface area contributed by atoms with Crippen molar-refractivity contribution >= 4 is 17.3 Å². The van der Waals surface area contributed by atoms with E-state index < -0.39 is 0 Å². The lowest BCUT2D eigenvalue weighted by atomic mass is 10.1. The SMILES string of the molecule is COc1ccc(NC(N)=NCC2CCN(c3ccccc3F)C2)cc1. The normalized spacial score (nSPS) is 17.6. The van der Waals surface area contributed by atoms with Gasteiger partial charge in [0.1, 0.15) is 11.6 Å². The molecule has 0 spiro atoms. The molecule has 0 aliphatic carbocycles. The molecular formula is C19H23FN4O. The molecule has 3 N–H and O–H groups in total. The second-order valence-corrected chi connectivity index (χ2v) is 6.13. The lowest BCUT2D eigenvalue weighted by Crippen LogP contribution is -2.25. The molecule has 0 saturated carbocycles. The van der Waals surface area contributed by atoms with Gasteiger partial charge in [0.2, 0.25) is 0 Å². The second kappa shape index (κ2) is 7.88. The number of methoxy groups -OCH3 is 1. The Morgan fingerprint density at radius 1 is 1.28 bits per heavy atom. The van der Waals surface area contributed by atoms with E-state index in [0.29, 0.717) is 24.1 Å². The Morgan fingerprint density at radius 3 is 2.76 bits per heavy atom. The average Bonchev–Trinajstić information content (AvgIpc) is 3.10. The zero-order valence-electron chi connectivity index (χ0n) is 14.3. The molecule has 1 fully saturated rings. The first-order valence-corrected chi connectivity index (χ1v) is 8.36. The fourth-order valence-corrected chi connectivity index (χ4v) is 3.00. The topological polar surface area (TPSA) is 62.9 Å². The fraction of sp³-hybridized carbons (Fsp3) is 0.316. The Labute approximate surface area is 147 Å². The highest BCUT2D eigenvalue weighted by Gasteiger charge is 2.24. The average molecular weight is 342 g/mol. The number of para-hydroxylation sites is 1. The summed E-state index contributed by atoms with van der Waals surface area (Å²) in [4.78, 5) is 6.50. The first kappa shape index (κ1) is 17.1. The number of nitrogens with one attached hydrogen (secondary N) is 1. The minimum atomic E-state index is -0.174. The maximum atomic E-state index is 13.9. The molecule has 1 heterocycles. The van der Waals surface area contributed by atoms with Gasteiger partial charge in [0.05, 0.1) is 12.8 Å².